The van der Waals surface area contributed by atoms with Crippen molar-refractivity contribution >= 4 is 17.2 Å². The SMILES string of the molecule is CC(C)c1nc(CNC(=O)CCc2nncn2C)cs1. The van der Waals surface area contributed by atoms with Gasteiger partial charge in [-0.3, -0.25) is 4.79 Å². The van der Waals surface area contributed by atoms with Gasteiger partial charge in [0.2, 0.25) is 5.91 Å². The Bertz CT molecular complexity index is 575. The smallest absolute Gasteiger partial charge is 0.220 e. The Morgan fingerprint density at radius 2 is 2.30 bits per heavy atom. The molecule has 0 aliphatic rings. The molecule has 0 fully saturated rings. The largest absolute Gasteiger partial charge is 0.350 e. The standard InChI is InChI=1S/C13H19N5OS/c1-9(2)13-16-10(7-20-13)6-14-12(19)5-4-11-17-15-8-18(11)3/h7-9H,4-6H2,1-3H3,(H,14,19). The fourth-order valence-corrected chi connectivity index (χ4v) is 2.54. The van der Waals surface area contributed by atoms with Crippen LogP contribution in [-0.2, 0) is 24.8 Å². The maximum Gasteiger partial charge on any atom is 0.220 e. The fraction of sp³-hybridized carbons (Fsp3) is 0.538. The highest BCUT2D eigenvalue weighted by atomic mass is 32.1. The third-order valence-corrected chi connectivity index (χ3v) is 4.11. The number of rotatable bonds is 6. The molecule has 0 bridgehead atoms. The number of hydrogen-bond donors (Lipinski definition) is 1. The Balaban J connectivity index is 1.76. The summed E-state index contributed by atoms with van der Waals surface area (Å²) in [6, 6.07) is 0. The van der Waals surface area contributed by atoms with Crippen LogP contribution in [0.15, 0.2) is 11.7 Å². The van der Waals surface area contributed by atoms with E-state index in [1.165, 1.54) is 0 Å². The molecule has 1 N–H and O–H groups in total. The first-order valence-corrected chi connectivity index (χ1v) is 7.48. The van der Waals surface area contributed by atoms with Crippen LogP contribution in [0.2, 0.25) is 0 Å². The molecule has 0 saturated heterocycles. The van der Waals surface area contributed by atoms with Crippen LogP contribution in [-0.4, -0.2) is 25.7 Å². The Labute approximate surface area is 122 Å². The highest BCUT2D eigenvalue weighted by Crippen LogP contribution is 2.18. The maximum absolute atomic E-state index is 11.8. The molecule has 0 radical (unpaired) electrons. The fourth-order valence-electron chi connectivity index (χ4n) is 1.71. The number of carbonyl (C=O) groups excluding carboxylic acids is 1. The van der Waals surface area contributed by atoms with Crippen molar-refractivity contribution in [3.05, 3.63) is 28.2 Å². The zero-order valence-corrected chi connectivity index (χ0v) is 12.8. The van der Waals surface area contributed by atoms with Gasteiger partial charge in [-0.1, -0.05) is 13.8 Å². The molecule has 0 spiro atoms. The van der Waals surface area contributed by atoms with Crippen LogP contribution < -0.4 is 5.32 Å². The number of carbonyl (C=O) groups is 1. The van der Waals surface area contributed by atoms with Gasteiger partial charge in [0.05, 0.1) is 17.2 Å². The summed E-state index contributed by atoms with van der Waals surface area (Å²) in [5.74, 6) is 1.25. The number of amides is 1. The molecular formula is C13H19N5OS. The van der Waals surface area contributed by atoms with Crippen LogP contribution in [0.25, 0.3) is 0 Å². The first kappa shape index (κ1) is 14.6. The van der Waals surface area contributed by atoms with Crippen molar-refractivity contribution in [2.45, 2.75) is 39.2 Å². The van der Waals surface area contributed by atoms with Crippen molar-refractivity contribution in [2.75, 3.05) is 0 Å². The minimum atomic E-state index is 0.00657. The molecule has 0 aliphatic heterocycles. The Hall–Kier alpha value is -1.76. The highest BCUT2D eigenvalue weighted by molar-refractivity contribution is 7.09. The van der Waals surface area contributed by atoms with E-state index in [9.17, 15) is 4.79 Å². The Morgan fingerprint density at radius 1 is 1.50 bits per heavy atom. The molecule has 2 aromatic rings. The van der Waals surface area contributed by atoms with Crippen LogP contribution in [0.5, 0.6) is 0 Å². The average molecular weight is 293 g/mol. The van der Waals surface area contributed by atoms with Gasteiger partial charge in [0.1, 0.15) is 12.2 Å². The summed E-state index contributed by atoms with van der Waals surface area (Å²) in [5, 5.41) is 13.7. The topological polar surface area (TPSA) is 72.7 Å². The van der Waals surface area contributed by atoms with Crippen molar-refractivity contribution in [1.29, 1.82) is 0 Å². The normalized spacial score (nSPS) is 11.0. The monoisotopic (exact) mass is 293 g/mol. The summed E-state index contributed by atoms with van der Waals surface area (Å²) < 4.78 is 1.82. The second-order valence-corrected chi connectivity index (χ2v) is 5.86. The molecule has 6 nitrogen and oxygen atoms in total. The van der Waals surface area contributed by atoms with Crippen LogP contribution >= 0.6 is 11.3 Å². The third-order valence-electron chi connectivity index (χ3n) is 2.91. The minimum Gasteiger partial charge on any atom is -0.350 e. The highest BCUT2D eigenvalue weighted by Gasteiger charge is 2.08. The predicted octanol–water partition coefficient (Wildman–Crippen LogP) is 1.64. The van der Waals surface area contributed by atoms with Gasteiger partial charge in [0, 0.05) is 31.2 Å². The lowest BCUT2D eigenvalue weighted by molar-refractivity contribution is -0.121. The van der Waals surface area contributed by atoms with E-state index in [0.29, 0.717) is 25.3 Å². The molecule has 0 saturated carbocycles. The van der Waals surface area contributed by atoms with Crippen molar-refractivity contribution in [2.24, 2.45) is 7.05 Å². The molecule has 1 amide bonds. The van der Waals surface area contributed by atoms with Gasteiger partial charge in [-0.15, -0.1) is 21.5 Å². The van der Waals surface area contributed by atoms with E-state index in [0.717, 1.165) is 16.5 Å². The van der Waals surface area contributed by atoms with Gasteiger partial charge in [-0.2, -0.15) is 0 Å². The van der Waals surface area contributed by atoms with Gasteiger partial charge < -0.3 is 9.88 Å². The summed E-state index contributed by atoms with van der Waals surface area (Å²) in [5.41, 5.74) is 0.922. The average Bonchev–Trinajstić information content (AvgIpc) is 3.03. The van der Waals surface area contributed by atoms with Crippen LogP contribution in [0.4, 0.5) is 0 Å². The van der Waals surface area contributed by atoms with Gasteiger partial charge in [-0.25, -0.2) is 4.98 Å². The molecule has 0 aliphatic carbocycles. The van der Waals surface area contributed by atoms with Gasteiger partial charge in [0.25, 0.3) is 0 Å². The molecule has 7 heteroatoms. The van der Waals surface area contributed by atoms with Crippen molar-refractivity contribution in [1.82, 2.24) is 25.1 Å². The first-order valence-electron chi connectivity index (χ1n) is 6.60. The number of thiazole rings is 1. The number of hydrogen-bond acceptors (Lipinski definition) is 5. The Morgan fingerprint density at radius 3 is 2.90 bits per heavy atom. The summed E-state index contributed by atoms with van der Waals surface area (Å²) in [7, 11) is 1.87. The van der Waals surface area contributed by atoms with E-state index < -0.39 is 0 Å². The Kier molecular flexibility index (Phi) is 4.84. The summed E-state index contributed by atoms with van der Waals surface area (Å²) >= 11 is 1.64. The zero-order chi connectivity index (χ0) is 14.5. The van der Waals surface area contributed by atoms with Crippen LogP contribution in [0, 0.1) is 0 Å². The van der Waals surface area contributed by atoms with E-state index in [1.807, 2.05) is 17.0 Å². The van der Waals surface area contributed by atoms with E-state index in [1.54, 1.807) is 17.7 Å². The molecule has 2 heterocycles. The van der Waals surface area contributed by atoms with Crippen molar-refractivity contribution in [3.63, 3.8) is 0 Å². The molecule has 0 atom stereocenters. The second kappa shape index (κ2) is 6.60. The van der Waals surface area contributed by atoms with Gasteiger partial charge in [-0.05, 0) is 0 Å². The van der Waals surface area contributed by atoms with Gasteiger partial charge >= 0.3 is 0 Å². The predicted molar refractivity (Wildman–Crippen MR) is 77.4 cm³/mol. The van der Waals surface area contributed by atoms with Crippen molar-refractivity contribution < 1.29 is 4.79 Å². The molecule has 0 aromatic carbocycles. The maximum atomic E-state index is 11.8. The van der Waals surface area contributed by atoms with E-state index in [2.05, 4.69) is 34.3 Å². The lowest BCUT2D eigenvalue weighted by Gasteiger charge is -2.03. The van der Waals surface area contributed by atoms with E-state index >= 15 is 0 Å². The van der Waals surface area contributed by atoms with E-state index in [4.69, 9.17) is 0 Å². The first-order chi connectivity index (χ1) is 9.56. The summed E-state index contributed by atoms with van der Waals surface area (Å²) in [6.45, 7) is 4.71. The minimum absolute atomic E-state index is 0.00657. The molecule has 108 valence electrons. The van der Waals surface area contributed by atoms with Crippen LogP contribution in [0.1, 0.15) is 42.7 Å². The summed E-state index contributed by atoms with van der Waals surface area (Å²) in [6.07, 6.45) is 2.64. The third kappa shape index (κ3) is 3.86. The molecule has 0 unspecified atom stereocenters. The summed E-state index contributed by atoms with van der Waals surface area (Å²) in [4.78, 5) is 16.3. The molecule has 20 heavy (non-hydrogen) atoms. The zero-order valence-electron chi connectivity index (χ0n) is 12.0. The quantitative estimate of drug-likeness (QED) is 0.879. The lowest BCUT2D eigenvalue weighted by Crippen LogP contribution is -2.23. The number of nitrogens with one attached hydrogen (secondary N) is 1. The van der Waals surface area contributed by atoms with Crippen molar-refractivity contribution in [3.8, 4) is 0 Å². The molecular weight excluding hydrogens is 274 g/mol. The number of aromatic nitrogens is 4. The number of nitrogens with zero attached hydrogens (tertiary/aromatic N) is 4. The number of aryl methyl sites for hydroxylation is 2. The second-order valence-electron chi connectivity index (χ2n) is 4.97. The molecule has 2 rings (SSSR count). The van der Waals surface area contributed by atoms with E-state index in [-0.39, 0.29) is 5.91 Å². The van der Waals surface area contributed by atoms with Gasteiger partial charge in [0.15, 0.2) is 0 Å². The lowest BCUT2D eigenvalue weighted by atomic mass is 10.2. The van der Waals surface area contributed by atoms with Crippen LogP contribution in [0.3, 0.4) is 0 Å². The molecule has 2 aromatic heterocycles.